The van der Waals surface area contributed by atoms with Crippen molar-refractivity contribution >= 4 is 35.6 Å². The van der Waals surface area contributed by atoms with Gasteiger partial charge < -0.3 is 16.0 Å². The average Bonchev–Trinajstić information content (AvgIpc) is 2.57. The molecule has 0 bridgehead atoms. The first kappa shape index (κ1) is 19.9. The smallest absolute Gasteiger partial charge is 0.255 e. The first-order valence-corrected chi connectivity index (χ1v) is 8.53. The lowest BCUT2D eigenvalue weighted by molar-refractivity contribution is -0.121. The third kappa shape index (κ3) is 4.62. The molecule has 1 heterocycles. The second kappa shape index (κ2) is 8.83. The van der Waals surface area contributed by atoms with Crippen molar-refractivity contribution < 1.29 is 9.59 Å². The molecule has 2 aromatic carbocycles. The summed E-state index contributed by atoms with van der Waals surface area (Å²) < 4.78 is 0. The molecule has 3 N–H and O–H groups in total. The van der Waals surface area contributed by atoms with Gasteiger partial charge in [0.05, 0.1) is 0 Å². The summed E-state index contributed by atoms with van der Waals surface area (Å²) >= 11 is 0. The number of amides is 2. The van der Waals surface area contributed by atoms with Gasteiger partial charge in [0.15, 0.2) is 0 Å². The second-order valence-electron chi connectivity index (χ2n) is 6.55. The summed E-state index contributed by atoms with van der Waals surface area (Å²) in [6.07, 6.45) is 0. The molecule has 5 nitrogen and oxygen atoms in total. The van der Waals surface area contributed by atoms with Crippen molar-refractivity contribution in [2.75, 3.05) is 23.7 Å². The summed E-state index contributed by atoms with van der Waals surface area (Å²) in [5.74, 6) is 0.196. The molecule has 3 rings (SSSR count). The summed E-state index contributed by atoms with van der Waals surface area (Å²) in [5.41, 5.74) is 2.95. The van der Waals surface area contributed by atoms with Crippen LogP contribution in [0.4, 0.5) is 11.4 Å². The fraction of sp³-hybridized carbons (Fsp3) is 0.300. The number of anilines is 2. The summed E-state index contributed by atoms with van der Waals surface area (Å²) in [4.78, 5) is 24.7. The molecule has 2 amide bonds. The number of carbonyl (C=O) groups is 2. The Balaban J connectivity index is 0.00000243. The summed E-state index contributed by atoms with van der Waals surface area (Å²) in [6, 6.07) is 14.6. The molecule has 0 spiro atoms. The van der Waals surface area contributed by atoms with E-state index in [4.69, 9.17) is 0 Å². The molecule has 1 saturated heterocycles. The molecule has 138 valence electrons. The minimum Gasteiger partial charge on any atom is -0.326 e. The van der Waals surface area contributed by atoms with Crippen LogP contribution in [0.3, 0.4) is 0 Å². The van der Waals surface area contributed by atoms with E-state index in [-0.39, 0.29) is 30.1 Å². The van der Waals surface area contributed by atoms with Crippen LogP contribution in [0.2, 0.25) is 0 Å². The van der Waals surface area contributed by atoms with Crippen molar-refractivity contribution in [3.8, 4) is 0 Å². The monoisotopic (exact) mass is 373 g/mol. The molecule has 1 aliphatic heterocycles. The van der Waals surface area contributed by atoms with Crippen LogP contribution in [0.5, 0.6) is 0 Å². The Morgan fingerprint density at radius 2 is 1.77 bits per heavy atom. The number of carbonyl (C=O) groups excluding carboxylic acids is 2. The quantitative estimate of drug-likeness (QED) is 0.751. The van der Waals surface area contributed by atoms with Gasteiger partial charge in [0.2, 0.25) is 5.91 Å². The molecule has 1 fully saturated rings. The first-order chi connectivity index (χ1) is 12.0. The minimum atomic E-state index is -0.171. The van der Waals surface area contributed by atoms with Crippen LogP contribution < -0.4 is 16.0 Å². The van der Waals surface area contributed by atoms with Gasteiger partial charge in [-0.25, -0.2) is 0 Å². The molecule has 0 aromatic heterocycles. The van der Waals surface area contributed by atoms with Gasteiger partial charge in [-0.3, -0.25) is 9.59 Å². The maximum absolute atomic E-state index is 12.4. The fourth-order valence-electron chi connectivity index (χ4n) is 2.75. The van der Waals surface area contributed by atoms with E-state index in [2.05, 4.69) is 16.0 Å². The van der Waals surface area contributed by atoms with E-state index in [1.54, 1.807) is 18.2 Å². The molecule has 0 saturated carbocycles. The maximum atomic E-state index is 12.4. The van der Waals surface area contributed by atoms with Crippen LogP contribution in [-0.4, -0.2) is 24.9 Å². The maximum Gasteiger partial charge on any atom is 0.255 e. The number of nitrogens with one attached hydrogen (secondary N) is 3. The van der Waals surface area contributed by atoms with Crippen molar-refractivity contribution in [2.45, 2.75) is 13.8 Å². The number of aryl methyl sites for hydroxylation is 1. The van der Waals surface area contributed by atoms with Gasteiger partial charge in [-0.05, 0) is 55.8 Å². The minimum absolute atomic E-state index is 0. The third-order valence-corrected chi connectivity index (χ3v) is 4.72. The highest BCUT2D eigenvalue weighted by Gasteiger charge is 2.28. The highest BCUT2D eigenvalue weighted by atomic mass is 35.5. The highest BCUT2D eigenvalue weighted by molar-refractivity contribution is 6.04. The molecule has 0 radical (unpaired) electrons. The van der Waals surface area contributed by atoms with Gasteiger partial charge in [-0.15, -0.1) is 12.4 Å². The van der Waals surface area contributed by atoms with Crippen LogP contribution >= 0.6 is 12.4 Å². The molecule has 2 aromatic rings. The van der Waals surface area contributed by atoms with Gasteiger partial charge in [-0.1, -0.05) is 31.2 Å². The Labute approximate surface area is 160 Å². The third-order valence-electron chi connectivity index (χ3n) is 4.72. The van der Waals surface area contributed by atoms with Crippen molar-refractivity contribution in [1.82, 2.24) is 5.32 Å². The molecule has 1 atom stereocenters. The lowest BCUT2D eigenvalue weighted by atomic mass is 9.88. The predicted molar refractivity (Wildman–Crippen MR) is 107 cm³/mol. The summed E-state index contributed by atoms with van der Waals surface area (Å²) in [6.45, 7) is 5.67. The van der Waals surface area contributed by atoms with Crippen molar-refractivity contribution in [3.05, 3.63) is 59.7 Å². The van der Waals surface area contributed by atoms with E-state index < -0.39 is 0 Å². The van der Waals surface area contributed by atoms with Crippen LogP contribution in [0.1, 0.15) is 22.8 Å². The zero-order valence-corrected chi connectivity index (χ0v) is 15.7. The Morgan fingerprint density at radius 3 is 2.38 bits per heavy atom. The summed E-state index contributed by atoms with van der Waals surface area (Å²) in [7, 11) is 0. The van der Waals surface area contributed by atoms with Crippen LogP contribution in [0.25, 0.3) is 0 Å². The predicted octanol–water partition coefficient (Wildman–Crippen LogP) is 3.46. The van der Waals surface area contributed by atoms with Crippen molar-refractivity contribution in [3.63, 3.8) is 0 Å². The van der Waals surface area contributed by atoms with Gasteiger partial charge in [0, 0.05) is 22.9 Å². The molecule has 6 heteroatoms. The number of hydrogen-bond donors (Lipinski definition) is 3. The zero-order chi connectivity index (χ0) is 17.8. The zero-order valence-electron chi connectivity index (χ0n) is 14.9. The van der Waals surface area contributed by atoms with E-state index in [0.29, 0.717) is 17.2 Å². The molecule has 1 aliphatic rings. The van der Waals surface area contributed by atoms with E-state index in [1.807, 2.05) is 44.2 Å². The molecule has 1 unspecified atom stereocenters. The van der Waals surface area contributed by atoms with Crippen molar-refractivity contribution in [1.29, 1.82) is 0 Å². The second-order valence-corrected chi connectivity index (χ2v) is 6.55. The van der Waals surface area contributed by atoms with E-state index in [0.717, 1.165) is 24.3 Å². The van der Waals surface area contributed by atoms with Crippen LogP contribution in [0, 0.1) is 18.8 Å². The number of rotatable bonds is 5. The average molecular weight is 374 g/mol. The van der Waals surface area contributed by atoms with Crippen LogP contribution in [-0.2, 0) is 4.79 Å². The van der Waals surface area contributed by atoms with Gasteiger partial charge in [0.25, 0.3) is 5.91 Å². The van der Waals surface area contributed by atoms with Crippen LogP contribution in [0.15, 0.2) is 48.5 Å². The Hall–Kier alpha value is -2.37. The molecule has 0 aliphatic carbocycles. The van der Waals surface area contributed by atoms with Gasteiger partial charge >= 0.3 is 0 Å². The Bertz CT molecular complexity index is 776. The molecule has 26 heavy (non-hydrogen) atoms. The fourth-order valence-corrected chi connectivity index (χ4v) is 2.75. The summed E-state index contributed by atoms with van der Waals surface area (Å²) in [5, 5.41) is 9.06. The van der Waals surface area contributed by atoms with Gasteiger partial charge in [-0.2, -0.15) is 0 Å². The van der Waals surface area contributed by atoms with E-state index >= 15 is 0 Å². The van der Waals surface area contributed by atoms with Gasteiger partial charge in [0.1, 0.15) is 0 Å². The standard InChI is InChI=1S/C20H23N3O2.ClH/c1-13-8-9-17(22-20(25)15-6-4-3-5-7-15)10-18(13)23-19(24)14(2)16-11-21-12-16;/h3-10,14,16,21H,11-12H2,1-2H3,(H,22,25)(H,23,24);1H. The molecular weight excluding hydrogens is 350 g/mol. The normalized spacial score (nSPS) is 14.5. The Kier molecular flexibility index (Phi) is 6.77. The van der Waals surface area contributed by atoms with Crippen molar-refractivity contribution in [2.24, 2.45) is 11.8 Å². The van der Waals surface area contributed by atoms with E-state index in [9.17, 15) is 9.59 Å². The number of hydrogen-bond acceptors (Lipinski definition) is 3. The topological polar surface area (TPSA) is 70.2 Å². The number of halogens is 1. The lowest BCUT2D eigenvalue weighted by Crippen LogP contribution is -2.48. The first-order valence-electron chi connectivity index (χ1n) is 8.53. The van der Waals surface area contributed by atoms with E-state index in [1.165, 1.54) is 0 Å². The largest absolute Gasteiger partial charge is 0.326 e. The number of benzene rings is 2. The Morgan fingerprint density at radius 1 is 1.08 bits per heavy atom. The highest BCUT2D eigenvalue weighted by Crippen LogP contribution is 2.23. The lowest BCUT2D eigenvalue weighted by Gasteiger charge is -2.31. The SMILES string of the molecule is Cc1ccc(NC(=O)c2ccccc2)cc1NC(=O)C(C)C1CNC1.Cl. The molecular formula is C20H24ClN3O2.